The average Bonchev–Trinajstić information content (AvgIpc) is 3.18. The maximum Gasteiger partial charge on any atom is 0.269 e. The summed E-state index contributed by atoms with van der Waals surface area (Å²) in [5.41, 5.74) is 2.32. The number of amidine groups is 1. The zero-order valence-corrected chi connectivity index (χ0v) is 24.2. The highest BCUT2D eigenvalue weighted by Crippen LogP contribution is 2.38. The summed E-state index contributed by atoms with van der Waals surface area (Å²) in [5.74, 6) is 0.968. The van der Waals surface area contributed by atoms with Crippen LogP contribution in [0.2, 0.25) is 5.02 Å². The molecule has 1 saturated heterocycles. The third kappa shape index (κ3) is 6.66. The fourth-order valence-corrected chi connectivity index (χ4v) is 5.55. The number of hydrogen-bond donors (Lipinski definition) is 0. The number of amides is 1. The summed E-state index contributed by atoms with van der Waals surface area (Å²) in [6.07, 6.45) is 2.62. The molecule has 3 aromatic carbocycles. The van der Waals surface area contributed by atoms with Crippen molar-refractivity contribution < 1.29 is 19.2 Å². The number of nitrogens with zero attached hydrogens (tertiary/aromatic N) is 3. The second kappa shape index (κ2) is 12.6. The number of thioether (sulfide) groups is 1. The number of nitro groups is 1. The average molecular weight is 664 g/mol. The van der Waals surface area contributed by atoms with E-state index >= 15 is 0 Å². The van der Waals surface area contributed by atoms with Gasteiger partial charge in [-0.25, -0.2) is 4.99 Å². The summed E-state index contributed by atoms with van der Waals surface area (Å²) in [6, 6.07) is 17.1. The molecule has 0 unspecified atom stereocenters. The number of aliphatic imine (C=N–C) groups is 1. The van der Waals surface area contributed by atoms with E-state index in [0.717, 1.165) is 26.8 Å². The Kier molecular flexibility index (Phi) is 9.29. The lowest BCUT2D eigenvalue weighted by molar-refractivity contribution is -0.384. The first-order valence-electron chi connectivity index (χ1n) is 11.6. The number of nitro benzene ring substituents is 1. The molecule has 1 fully saturated rings. The standard InChI is InChI=1S/C27H23ClIN3O5S/c1-3-12-31-26(33)24(38-27(31)30-20-8-6-19(28)7-9-20)15-18-13-22(29)25(23(14-18)36-2)37-16-17-4-10-21(11-5-17)32(34)35/h4-11,13-15H,3,12,16H2,1-2H3/b24-15-,30-27?. The van der Waals surface area contributed by atoms with Gasteiger partial charge < -0.3 is 9.47 Å². The molecule has 1 aliphatic heterocycles. The van der Waals surface area contributed by atoms with Crippen molar-refractivity contribution in [1.82, 2.24) is 4.90 Å². The minimum atomic E-state index is -0.439. The number of hydrogen-bond acceptors (Lipinski definition) is 7. The van der Waals surface area contributed by atoms with Crippen molar-refractivity contribution in [2.75, 3.05) is 13.7 Å². The van der Waals surface area contributed by atoms with Crippen molar-refractivity contribution in [3.05, 3.63) is 95.4 Å². The van der Waals surface area contributed by atoms with Gasteiger partial charge >= 0.3 is 0 Å². The summed E-state index contributed by atoms with van der Waals surface area (Å²) in [5, 5.41) is 12.1. The van der Waals surface area contributed by atoms with Gasteiger partial charge in [0.2, 0.25) is 0 Å². The van der Waals surface area contributed by atoms with Gasteiger partial charge in [-0.3, -0.25) is 19.8 Å². The smallest absolute Gasteiger partial charge is 0.269 e. The summed E-state index contributed by atoms with van der Waals surface area (Å²) in [7, 11) is 1.55. The molecule has 1 heterocycles. The highest BCUT2D eigenvalue weighted by atomic mass is 127. The SMILES string of the molecule is CCCN1C(=O)/C(=C/c2cc(I)c(OCc3ccc([N+](=O)[O-])cc3)c(OC)c2)SC1=Nc1ccc(Cl)cc1. The van der Waals surface area contributed by atoms with E-state index in [9.17, 15) is 14.9 Å². The summed E-state index contributed by atoms with van der Waals surface area (Å²) in [6.45, 7) is 2.80. The number of non-ortho nitro benzene ring substituents is 1. The Labute approximate surface area is 243 Å². The quantitative estimate of drug-likeness (QED) is 0.102. The maximum absolute atomic E-state index is 13.2. The first-order chi connectivity index (χ1) is 18.3. The van der Waals surface area contributed by atoms with E-state index in [1.54, 1.807) is 36.3 Å². The van der Waals surface area contributed by atoms with Crippen LogP contribution in [0.25, 0.3) is 6.08 Å². The Morgan fingerprint density at radius 1 is 1.16 bits per heavy atom. The molecule has 0 spiro atoms. The molecule has 0 bridgehead atoms. The van der Waals surface area contributed by atoms with E-state index < -0.39 is 4.92 Å². The van der Waals surface area contributed by atoms with Gasteiger partial charge in [-0.05, 0) is 107 Å². The minimum absolute atomic E-state index is 0.0245. The Hall–Kier alpha value is -3.09. The minimum Gasteiger partial charge on any atom is -0.493 e. The third-order valence-corrected chi connectivity index (χ3v) is 7.53. The monoisotopic (exact) mass is 663 g/mol. The number of halogens is 2. The molecular weight excluding hydrogens is 641 g/mol. The molecule has 38 heavy (non-hydrogen) atoms. The first kappa shape index (κ1) is 27.9. The Balaban J connectivity index is 1.57. The van der Waals surface area contributed by atoms with Crippen LogP contribution in [0, 0.1) is 13.7 Å². The highest BCUT2D eigenvalue weighted by Gasteiger charge is 2.33. The van der Waals surface area contributed by atoms with Crippen molar-refractivity contribution in [2.45, 2.75) is 20.0 Å². The van der Waals surface area contributed by atoms with Crippen molar-refractivity contribution in [3.8, 4) is 11.5 Å². The number of ether oxygens (including phenoxy) is 2. The van der Waals surface area contributed by atoms with Crippen LogP contribution in [-0.2, 0) is 11.4 Å². The van der Waals surface area contributed by atoms with Crippen molar-refractivity contribution in [1.29, 1.82) is 0 Å². The van der Waals surface area contributed by atoms with Crippen molar-refractivity contribution in [2.24, 2.45) is 4.99 Å². The fraction of sp³-hybridized carbons (Fsp3) is 0.185. The fourth-order valence-electron chi connectivity index (χ4n) is 3.62. The summed E-state index contributed by atoms with van der Waals surface area (Å²) in [4.78, 5) is 30.6. The number of benzene rings is 3. The Morgan fingerprint density at radius 3 is 2.50 bits per heavy atom. The molecule has 0 radical (unpaired) electrons. The van der Waals surface area contributed by atoms with Crippen LogP contribution in [0.1, 0.15) is 24.5 Å². The van der Waals surface area contributed by atoms with E-state index in [0.29, 0.717) is 33.1 Å². The van der Waals surface area contributed by atoms with E-state index in [4.69, 9.17) is 21.1 Å². The van der Waals surface area contributed by atoms with Gasteiger partial charge in [-0.1, -0.05) is 18.5 Å². The van der Waals surface area contributed by atoms with Crippen LogP contribution >= 0.6 is 46.0 Å². The van der Waals surface area contributed by atoms with Crippen LogP contribution in [-0.4, -0.2) is 34.6 Å². The molecule has 3 aromatic rings. The summed E-state index contributed by atoms with van der Waals surface area (Å²) >= 11 is 9.48. The molecule has 196 valence electrons. The van der Waals surface area contributed by atoms with Crippen molar-refractivity contribution >= 4 is 74.5 Å². The van der Waals surface area contributed by atoms with Gasteiger partial charge in [0, 0.05) is 23.7 Å². The normalized spacial score (nSPS) is 15.4. The van der Waals surface area contributed by atoms with Gasteiger partial charge in [0.25, 0.3) is 11.6 Å². The molecule has 8 nitrogen and oxygen atoms in total. The van der Waals surface area contributed by atoms with E-state index in [2.05, 4.69) is 27.6 Å². The molecule has 0 saturated carbocycles. The lowest BCUT2D eigenvalue weighted by Crippen LogP contribution is -2.29. The molecule has 1 aliphatic rings. The third-order valence-electron chi connectivity index (χ3n) is 5.47. The van der Waals surface area contributed by atoms with E-state index in [1.165, 1.54) is 23.9 Å². The number of carbonyl (C=O) groups is 1. The molecular formula is C27H23ClIN3O5S. The molecule has 0 aromatic heterocycles. The Morgan fingerprint density at radius 2 is 1.87 bits per heavy atom. The second-order valence-corrected chi connectivity index (χ2v) is 10.8. The van der Waals surface area contributed by atoms with Gasteiger partial charge in [-0.2, -0.15) is 0 Å². The van der Waals surface area contributed by atoms with Gasteiger partial charge in [0.05, 0.1) is 26.2 Å². The highest BCUT2D eigenvalue weighted by molar-refractivity contribution is 14.1. The van der Waals surface area contributed by atoms with Gasteiger partial charge in [-0.15, -0.1) is 0 Å². The van der Waals surface area contributed by atoms with Gasteiger partial charge in [0.1, 0.15) is 6.61 Å². The molecule has 0 N–H and O–H groups in total. The molecule has 4 rings (SSSR count). The topological polar surface area (TPSA) is 94.3 Å². The van der Waals surface area contributed by atoms with Crippen LogP contribution in [0.3, 0.4) is 0 Å². The largest absolute Gasteiger partial charge is 0.493 e. The summed E-state index contributed by atoms with van der Waals surface area (Å²) < 4.78 is 12.4. The van der Waals surface area contributed by atoms with Crippen LogP contribution in [0.5, 0.6) is 11.5 Å². The molecule has 0 aliphatic carbocycles. The van der Waals surface area contributed by atoms with Crippen LogP contribution in [0.15, 0.2) is 70.6 Å². The van der Waals surface area contributed by atoms with E-state index in [-0.39, 0.29) is 18.2 Å². The predicted molar refractivity (Wildman–Crippen MR) is 159 cm³/mol. The van der Waals surface area contributed by atoms with Crippen LogP contribution < -0.4 is 9.47 Å². The van der Waals surface area contributed by atoms with Gasteiger partial charge in [0.15, 0.2) is 16.7 Å². The van der Waals surface area contributed by atoms with Crippen LogP contribution in [0.4, 0.5) is 11.4 Å². The first-order valence-corrected chi connectivity index (χ1v) is 13.9. The molecule has 0 atom stereocenters. The van der Waals surface area contributed by atoms with E-state index in [1.807, 2.05) is 37.3 Å². The second-order valence-electron chi connectivity index (χ2n) is 8.18. The number of methoxy groups -OCH3 is 1. The lowest BCUT2D eigenvalue weighted by Gasteiger charge is -2.14. The molecule has 1 amide bonds. The zero-order valence-electron chi connectivity index (χ0n) is 20.5. The lowest BCUT2D eigenvalue weighted by atomic mass is 10.1. The number of carbonyl (C=O) groups excluding carboxylic acids is 1. The predicted octanol–water partition coefficient (Wildman–Crippen LogP) is 7.45. The molecule has 11 heteroatoms. The number of rotatable bonds is 9. The Bertz CT molecular complexity index is 1410. The van der Waals surface area contributed by atoms with Crippen molar-refractivity contribution in [3.63, 3.8) is 0 Å². The maximum atomic E-state index is 13.2. The zero-order chi connectivity index (χ0) is 27.2.